The second-order valence-electron chi connectivity index (χ2n) is 4.38. The minimum Gasteiger partial charge on any atom is -0.490 e. The van der Waals surface area contributed by atoms with E-state index in [1.54, 1.807) is 18.3 Å². The summed E-state index contributed by atoms with van der Waals surface area (Å²) < 4.78 is 5.63. The van der Waals surface area contributed by atoms with E-state index in [0.717, 1.165) is 6.42 Å². The Labute approximate surface area is 102 Å². The molecule has 1 aromatic rings. The predicted octanol–water partition coefficient (Wildman–Crippen LogP) is 1.82. The molecule has 0 N–H and O–H groups in total. The van der Waals surface area contributed by atoms with Crippen LogP contribution < -0.4 is 4.74 Å². The summed E-state index contributed by atoms with van der Waals surface area (Å²) in [7, 11) is 2.16. The highest BCUT2D eigenvalue weighted by molar-refractivity contribution is 5.36. The van der Waals surface area contributed by atoms with E-state index in [4.69, 9.17) is 10.00 Å². The van der Waals surface area contributed by atoms with Gasteiger partial charge in [-0.25, -0.2) is 4.98 Å². The van der Waals surface area contributed by atoms with E-state index in [2.05, 4.69) is 16.9 Å². The standard InChI is InChI=1S/C13H17N3O/c1-16-8-3-4-11(16)6-9-17-13-5-2-7-15-12(13)10-14/h2,5,7,11H,3-4,6,8-9H2,1H3. The topological polar surface area (TPSA) is 49.1 Å². The van der Waals surface area contributed by atoms with Crippen LogP contribution in [-0.2, 0) is 0 Å². The maximum absolute atomic E-state index is 8.87. The summed E-state index contributed by atoms with van der Waals surface area (Å²) in [4.78, 5) is 6.34. The van der Waals surface area contributed by atoms with Gasteiger partial charge in [0.1, 0.15) is 6.07 Å². The molecule has 1 aromatic heterocycles. The summed E-state index contributed by atoms with van der Waals surface area (Å²) in [6, 6.07) is 6.24. The highest BCUT2D eigenvalue weighted by Gasteiger charge is 2.20. The molecule has 0 aliphatic carbocycles. The first-order valence-corrected chi connectivity index (χ1v) is 5.99. The molecule has 0 saturated carbocycles. The van der Waals surface area contributed by atoms with Crippen molar-refractivity contribution in [3.05, 3.63) is 24.0 Å². The van der Waals surface area contributed by atoms with Gasteiger partial charge < -0.3 is 9.64 Å². The van der Waals surface area contributed by atoms with Gasteiger partial charge in [0, 0.05) is 12.2 Å². The third kappa shape index (κ3) is 2.95. The Morgan fingerprint density at radius 1 is 1.65 bits per heavy atom. The fourth-order valence-electron chi connectivity index (χ4n) is 2.24. The lowest BCUT2D eigenvalue weighted by Gasteiger charge is -2.19. The van der Waals surface area contributed by atoms with E-state index < -0.39 is 0 Å². The van der Waals surface area contributed by atoms with Gasteiger partial charge in [0.05, 0.1) is 6.61 Å². The van der Waals surface area contributed by atoms with Crippen molar-refractivity contribution in [1.29, 1.82) is 5.26 Å². The Morgan fingerprint density at radius 3 is 3.24 bits per heavy atom. The number of pyridine rings is 1. The smallest absolute Gasteiger partial charge is 0.182 e. The fraction of sp³-hybridized carbons (Fsp3) is 0.538. The molecule has 2 rings (SSSR count). The molecule has 0 aromatic carbocycles. The second-order valence-corrected chi connectivity index (χ2v) is 4.38. The molecule has 0 radical (unpaired) electrons. The van der Waals surface area contributed by atoms with E-state index in [-0.39, 0.29) is 0 Å². The first-order valence-electron chi connectivity index (χ1n) is 5.99. The lowest BCUT2D eigenvalue weighted by atomic mass is 10.1. The van der Waals surface area contributed by atoms with Crippen LogP contribution in [0.2, 0.25) is 0 Å². The molecular formula is C13H17N3O. The molecule has 0 bridgehead atoms. The van der Waals surface area contributed by atoms with Gasteiger partial charge in [-0.1, -0.05) is 0 Å². The highest BCUT2D eigenvalue weighted by atomic mass is 16.5. The number of aromatic nitrogens is 1. The molecule has 1 atom stereocenters. The maximum Gasteiger partial charge on any atom is 0.182 e. The largest absolute Gasteiger partial charge is 0.490 e. The van der Waals surface area contributed by atoms with Crippen LogP contribution in [0.15, 0.2) is 18.3 Å². The van der Waals surface area contributed by atoms with Crippen molar-refractivity contribution in [2.45, 2.75) is 25.3 Å². The van der Waals surface area contributed by atoms with Gasteiger partial charge >= 0.3 is 0 Å². The fourth-order valence-corrected chi connectivity index (χ4v) is 2.24. The summed E-state index contributed by atoms with van der Waals surface area (Å²) in [6.45, 7) is 1.83. The average Bonchev–Trinajstić information content (AvgIpc) is 2.76. The molecule has 2 heterocycles. The van der Waals surface area contributed by atoms with Crippen LogP contribution in [0.25, 0.3) is 0 Å². The van der Waals surface area contributed by atoms with Crippen LogP contribution >= 0.6 is 0 Å². The van der Waals surface area contributed by atoms with E-state index in [1.807, 2.05) is 6.07 Å². The van der Waals surface area contributed by atoms with Gasteiger partial charge in [0.15, 0.2) is 11.4 Å². The molecule has 0 amide bonds. The Hall–Kier alpha value is -1.60. The Morgan fingerprint density at radius 2 is 2.53 bits per heavy atom. The molecule has 0 spiro atoms. The SMILES string of the molecule is CN1CCCC1CCOc1cccnc1C#N. The van der Waals surface area contributed by atoms with Crippen LogP contribution in [0.4, 0.5) is 0 Å². The van der Waals surface area contributed by atoms with Crippen molar-refractivity contribution in [3.63, 3.8) is 0 Å². The number of nitriles is 1. The van der Waals surface area contributed by atoms with E-state index in [9.17, 15) is 0 Å². The van der Waals surface area contributed by atoms with E-state index in [0.29, 0.717) is 24.1 Å². The predicted molar refractivity (Wildman–Crippen MR) is 64.7 cm³/mol. The minimum atomic E-state index is 0.368. The van der Waals surface area contributed by atoms with Crippen LogP contribution in [-0.4, -0.2) is 36.1 Å². The molecule has 1 aliphatic rings. The first kappa shape index (κ1) is 11.9. The number of hydrogen-bond donors (Lipinski definition) is 0. The number of ether oxygens (including phenoxy) is 1. The summed E-state index contributed by atoms with van der Waals surface area (Å²) in [6.07, 6.45) is 5.14. The molecule has 4 nitrogen and oxygen atoms in total. The lowest BCUT2D eigenvalue weighted by molar-refractivity contribution is 0.232. The summed E-state index contributed by atoms with van der Waals surface area (Å²) in [5, 5.41) is 8.87. The molecule has 1 unspecified atom stereocenters. The van der Waals surface area contributed by atoms with Gasteiger partial charge in [-0.2, -0.15) is 5.26 Å². The zero-order chi connectivity index (χ0) is 12.1. The molecule has 1 aliphatic heterocycles. The summed E-state index contributed by atoms with van der Waals surface area (Å²) in [5.74, 6) is 0.593. The van der Waals surface area contributed by atoms with Crippen molar-refractivity contribution >= 4 is 0 Å². The number of rotatable bonds is 4. The van der Waals surface area contributed by atoms with Crippen LogP contribution in [0.5, 0.6) is 5.75 Å². The second kappa shape index (κ2) is 5.65. The third-order valence-corrected chi connectivity index (χ3v) is 3.26. The van der Waals surface area contributed by atoms with Crippen molar-refractivity contribution in [2.24, 2.45) is 0 Å². The molecule has 90 valence electrons. The summed E-state index contributed by atoms with van der Waals surface area (Å²) >= 11 is 0. The quantitative estimate of drug-likeness (QED) is 0.793. The molecule has 1 saturated heterocycles. The Balaban J connectivity index is 1.84. The van der Waals surface area contributed by atoms with E-state index >= 15 is 0 Å². The Kier molecular flexibility index (Phi) is 3.94. The molecule has 17 heavy (non-hydrogen) atoms. The lowest BCUT2D eigenvalue weighted by Crippen LogP contribution is -2.26. The van der Waals surface area contributed by atoms with Crippen LogP contribution in [0.1, 0.15) is 25.0 Å². The number of hydrogen-bond acceptors (Lipinski definition) is 4. The normalized spacial score (nSPS) is 20.1. The van der Waals surface area contributed by atoms with Gasteiger partial charge in [-0.3, -0.25) is 0 Å². The molecule has 1 fully saturated rings. The number of likely N-dealkylation sites (tertiary alicyclic amines) is 1. The van der Waals surface area contributed by atoms with Gasteiger partial charge in [-0.15, -0.1) is 0 Å². The van der Waals surface area contributed by atoms with Crippen LogP contribution in [0.3, 0.4) is 0 Å². The maximum atomic E-state index is 8.87. The van der Waals surface area contributed by atoms with Crippen molar-refractivity contribution in [3.8, 4) is 11.8 Å². The average molecular weight is 231 g/mol. The van der Waals surface area contributed by atoms with Crippen molar-refractivity contribution in [1.82, 2.24) is 9.88 Å². The zero-order valence-electron chi connectivity index (χ0n) is 10.1. The number of nitrogens with zero attached hydrogens (tertiary/aromatic N) is 3. The van der Waals surface area contributed by atoms with Gasteiger partial charge in [-0.05, 0) is 45.0 Å². The minimum absolute atomic E-state index is 0.368. The molecule has 4 heteroatoms. The monoisotopic (exact) mass is 231 g/mol. The third-order valence-electron chi connectivity index (χ3n) is 3.26. The van der Waals surface area contributed by atoms with Crippen molar-refractivity contribution < 1.29 is 4.74 Å². The van der Waals surface area contributed by atoms with Crippen LogP contribution in [0, 0.1) is 11.3 Å². The Bertz CT molecular complexity index is 413. The first-order chi connectivity index (χ1) is 8.31. The van der Waals surface area contributed by atoms with E-state index in [1.165, 1.54) is 19.4 Å². The highest BCUT2D eigenvalue weighted by Crippen LogP contribution is 2.19. The molecular weight excluding hydrogens is 214 g/mol. The van der Waals surface area contributed by atoms with Gasteiger partial charge in [0.2, 0.25) is 0 Å². The van der Waals surface area contributed by atoms with Crippen molar-refractivity contribution in [2.75, 3.05) is 20.2 Å². The van der Waals surface area contributed by atoms with Gasteiger partial charge in [0.25, 0.3) is 0 Å². The summed E-state index contributed by atoms with van der Waals surface area (Å²) in [5.41, 5.74) is 0.368. The zero-order valence-corrected chi connectivity index (χ0v) is 10.1.